The number of hydrogen-bond acceptors (Lipinski definition) is 4. The van der Waals surface area contributed by atoms with Gasteiger partial charge in [0.05, 0.1) is 12.5 Å². The highest BCUT2D eigenvalue weighted by molar-refractivity contribution is 5.61. The molecule has 4 nitrogen and oxygen atoms in total. The van der Waals surface area contributed by atoms with E-state index in [1.54, 1.807) is 0 Å². The van der Waals surface area contributed by atoms with E-state index >= 15 is 0 Å². The molecule has 112 valence electrons. The van der Waals surface area contributed by atoms with E-state index in [9.17, 15) is 0 Å². The van der Waals surface area contributed by atoms with Crippen LogP contribution < -0.4 is 5.32 Å². The average molecular weight is 300 g/mol. The van der Waals surface area contributed by atoms with Gasteiger partial charge in [-0.05, 0) is 24.6 Å². The van der Waals surface area contributed by atoms with Crippen molar-refractivity contribution in [3.05, 3.63) is 71.9 Å². The van der Waals surface area contributed by atoms with Gasteiger partial charge >= 0.3 is 0 Å². The Kier molecular flexibility index (Phi) is 4.30. The van der Waals surface area contributed by atoms with Crippen molar-refractivity contribution in [3.8, 4) is 17.5 Å². The second kappa shape index (κ2) is 6.71. The molecule has 0 atom stereocenters. The average Bonchev–Trinajstić information content (AvgIpc) is 2.57. The van der Waals surface area contributed by atoms with Gasteiger partial charge in [-0.3, -0.25) is 0 Å². The quantitative estimate of drug-likeness (QED) is 0.782. The van der Waals surface area contributed by atoms with Crippen LogP contribution in [0.3, 0.4) is 0 Å². The lowest BCUT2D eigenvalue weighted by Gasteiger charge is -2.09. The van der Waals surface area contributed by atoms with Gasteiger partial charge in [0.2, 0.25) is 0 Å². The van der Waals surface area contributed by atoms with Crippen molar-refractivity contribution in [1.82, 2.24) is 9.97 Å². The molecule has 0 saturated heterocycles. The first-order valence-electron chi connectivity index (χ1n) is 7.38. The van der Waals surface area contributed by atoms with E-state index in [1.165, 1.54) is 0 Å². The highest BCUT2D eigenvalue weighted by atomic mass is 15.0. The molecule has 0 fully saturated rings. The molecular formula is C19H16N4. The van der Waals surface area contributed by atoms with Gasteiger partial charge < -0.3 is 5.32 Å². The van der Waals surface area contributed by atoms with Crippen molar-refractivity contribution in [2.75, 3.05) is 5.32 Å². The zero-order chi connectivity index (χ0) is 16.1. The third-order valence-electron chi connectivity index (χ3n) is 3.40. The summed E-state index contributed by atoms with van der Waals surface area (Å²) < 4.78 is 0. The molecule has 2 aromatic carbocycles. The molecule has 4 heteroatoms. The van der Waals surface area contributed by atoms with Gasteiger partial charge in [0, 0.05) is 23.0 Å². The largest absolute Gasteiger partial charge is 0.340 e. The fourth-order valence-electron chi connectivity index (χ4n) is 2.29. The van der Waals surface area contributed by atoms with Gasteiger partial charge in [0.1, 0.15) is 5.82 Å². The molecule has 0 unspecified atom stereocenters. The fourth-order valence-corrected chi connectivity index (χ4v) is 2.29. The van der Waals surface area contributed by atoms with Gasteiger partial charge in [-0.25, -0.2) is 9.97 Å². The minimum atomic E-state index is 0.422. The first-order chi connectivity index (χ1) is 11.2. The van der Waals surface area contributed by atoms with Gasteiger partial charge in [-0.1, -0.05) is 42.5 Å². The summed E-state index contributed by atoms with van der Waals surface area (Å²) in [5.41, 5.74) is 3.83. The molecule has 0 bridgehead atoms. The Hall–Kier alpha value is -3.19. The summed E-state index contributed by atoms with van der Waals surface area (Å²) in [5.74, 6) is 1.46. The first-order valence-corrected chi connectivity index (χ1v) is 7.38. The van der Waals surface area contributed by atoms with Crippen molar-refractivity contribution in [2.45, 2.75) is 13.3 Å². The third kappa shape index (κ3) is 3.72. The molecule has 0 aliphatic heterocycles. The molecule has 0 saturated carbocycles. The zero-order valence-corrected chi connectivity index (χ0v) is 12.8. The molecule has 3 rings (SSSR count). The highest BCUT2D eigenvalue weighted by Gasteiger charge is 2.05. The van der Waals surface area contributed by atoms with E-state index in [2.05, 4.69) is 21.4 Å². The Morgan fingerprint density at radius 1 is 1.00 bits per heavy atom. The molecule has 23 heavy (non-hydrogen) atoms. The number of benzene rings is 2. The summed E-state index contributed by atoms with van der Waals surface area (Å²) in [7, 11) is 0. The molecule has 0 spiro atoms. The lowest BCUT2D eigenvalue weighted by Crippen LogP contribution is -1.99. The molecule has 1 N–H and O–H groups in total. The number of anilines is 2. The molecule has 0 amide bonds. The predicted octanol–water partition coefficient (Wildman–Crippen LogP) is 4.26. The summed E-state index contributed by atoms with van der Waals surface area (Å²) >= 11 is 0. The Bertz CT molecular complexity index is 833. The monoisotopic (exact) mass is 300 g/mol. The molecule has 1 aromatic heterocycles. The van der Waals surface area contributed by atoms with Crippen LogP contribution in [-0.4, -0.2) is 9.97 Å². The second-order valence-corrected chi connectivity index (χ2v) is 5.24. The molecule has 0 aliphatic carbocycles. The van der Waals surface area contributed by atoms with E-state index in [4.69, 9.17) is 5.26 Å². The van der Waals surface area contributed by atoms with E-state index in [0.717, 1.165) is 28.3 Å². The molecule has 0 aliphatic rings. The number of rotatable bonds is 4. The van der Waals surface area contributed by atoms with Crippen LogP contribution in [0.1, 0.15) is 11.3 Å². The van der Waals surface area contributed by atoms with Crippen LogP contribution >= 0.6 is 0 Å². The third-order valence-corrected chi connectivity index (χ3v) is 3.40. The predicted molar refractivity (Wildman–Crippen MR) is 91.2 cm³/mol. The first kappa shape index (κ1) is 14.7. The number of aryl methyl sites for hydroxylation is 1. The van der Waals surface area contributed by atoms with Gasteiger partial charge in [-0.2, -0.15) is 5.26 Å². The number of nitriles is 1. The van der Waals surface area contributed by atoms with Gasteiger partial charge in [0.25, 0.3) is 0 Å². The summed E-state index contributed by atoms with van der Waals surface area (Å²) in [6, 6.07) is 21.8. The van der Waals surface area contributed by atoms with Crippen LogP contribution in [0, 0.1) is 18.3 Å². The van der Waals surface area contributed by atoms with Crippen molar-refractivity contribution >= 4 is 11.5 Å². The van der Waals surface area contributed by atoms with Crippen LogP contribution in [0.2, 0.25) is 0 Å². The Morgan fingerprint density at radius 2 is 1.74 bits per heavy atom. The van der Waals surface area contributed by atoms with Gasteiger partial charge in [0.15, 0.2) is 5.82 Å². The smallest absolute Gasteiger partial charge is 0.161 e. The van der Waals surface area contributed by atoms with Crippen molar-refractivity contribution in [3.63, 3.8) is 0 Å². The van der Waals surface area contributed by atoms with Crippen LogP contribution in [0.4, 0.5) is 11.5 Å². The molecule has 1 heterocycles. The molecule has 3 aromatic rings. The minimum absolute atomic E-state index is 0.422. The maximum absolute atomic E-state index is 8.71. The number of hydrogen-bond donors (Lipinski definition) is 1. The van der Waals surface area contributed by atoms with E-state index in [1.807, 2.05) is 67.6 Å². The lowest BCUT2D eigenvalue weighted by atomic mass is 10.1. The Morgan fingerprint density at radius 3 is 2.43 bits per heavy atom. The van der Waals surface area contributed by atoms with E-state index in [0.29, 0.717) is 12.2 Å². The maximum Gasteiger partial charge on any atom is 0.161 e. The number of nitrogens with zero attached hydrogens (tertiary/aromatic N) is 3. The van der Waals surface area contributed by atoms with Crippen LogP contribution in [-0.2, 0) is 6.42 Å². The van der Waals surface area contributed by atoms with E-state index < -0.39 is 0 Å². The van der Waals surface area contributed by atoms with Gasteiger partial charge in [-0.15, -0.1) is 0 Å². The SMILES string of the molecule is Cc1cc(Nc2ccc(CC#N)cc2)nc(-c2ccccc2)n1. The summed E-state index contributed by atoms with van der Waals surface area (Å²) in [4.78, 5) is 9.08. The Balaban J connectivity index is 1.86. The Labute approximate surface area is 135 Å². The lowest BCUT2D eigenvalue weighted by molar-refractivity contribution is 1.11. The summed E-state index contributed by atoms with van der Waals surface area (Å²) in [5, 5.41) is 12.0. The number of aromatic nitrogens is 2. The summed E-state index contributed by atoms with van der Waals surface area (Å²) in [6.45, 7) is 1.95. The molecule has 0 radical (unpaired) electrons. The number of nitrogens with one attached hydrogen (secondary N) is 1. The minimum Gasteiger partial charge on any atom is -0.340 e. The summed E-state index contributed by atoms with van der Waals surface area (Å²) in [6.07, 6.45) is 0.422. The topological polar surface area (TPSA) is 61.6 Å². The van der Waals surface area contributed by atoms with Crippen LogP contribution in [0.15, 0.2) is 60.7 Å². The highest BCUT2D eigenvalue weighted by Crippen LogP contribution is 2.20. The molecular weight excluding hydrogens is 284 g/mol. The van der Waals surface area contributed by atoms with Crippen molar-refractivity contribution < 1.29 is 0 Å². The standard InChI is InChI=1S/C19H16N4/c1-14-13-18(22-17-9-7-15(8-10-17)11-12-20)23-19(21-14)16-5-3-2-4-6-16/h2-10,13H,11H2,1H3,(H,21,22,23). The zero-order valence-electron chi connectivity index (χ0n) is 12.8. The van der Waals surface area contributed by atoms with Crippen molar-refractivity contribution in [1.29, 1.82) is 5.26 Å². The van der Waals surface area contributed by atoms with Crippen molar-refractivity contribution in [2.24, 2.45) is 0 Å². The normalized spacial score (nSPS) is 10.1. The second-order valence-electron chi connectivity index (χ2n) is 5.24. The van der Waals surface area contributed by atoms with Crippen LogP contribution in [0.25, 0.3) is 11.4 Å². The van der Waals surface area contributed by atoms with E-state index in [-0.39, 0.29) is 0 Å². The van der Waals surface area contributed by atoms with Crippen LogP contribution in [0.5, 0.6) is 0 Å². The fraction of sp³-hybridized carbons (Fsp3) is 0.105. The maximum atomic E-state index is 8.71.